The van der Waals surface area contributed by atoms with Crippen LogP contribution in [0, 0.1) is 6.92 Å². The number of alkyl halides is 5. The molecule has 0 unspecified atom stereocenters. The number of hydrogen-bond acceptors (Lipinski definition) is 5. The molecule has 0 aliphatic carbocycles. The summed E-state index contributed by atoms with van der Waals surface area (Å²) in [6.45, 7) is 2.65. The fourth-order valence-corrected chi connectivity index (χ4v) is 3.12. The van der Waals surface area contributed by atoms with Gasteiger partial charge in [-0.3, -0.25) is 4.79 Å². The summed E-state index contributed by atoms with van der Waals surface area (Å²) >= 11 is 0. The standard InChI is InChI=1S/C19H19F5N4O2/c1-11-9-26-16(27-15-7-13(4-6-25-15)30-19(22,23)24)8-14(11)17(29)28-10-18(20,21)5-3-12(28)2/h4,6-9,12H,3,5,10H2,1-2H3,(H,25,26,27)/t12-/m0/s1. The first-order chi connectivity index (χ1) is 13.9. The highest BCUT2D eigenvalue weighted by Crippen LogP contribution is 2.32. The van der Waals surface area contributed by atoms with Crippen LogP contribution in [-0.2, 0) is 0 Å². The molecule has 1 N–H and O–H groups in total. The number of nitrogens with one attached hydrogen (secondary N) is 1. The Kier molecular flexibility index (Phi) is 5.82. The Labute approximate surface area is 169 Å². The van der Waals surface area contributed by atoms with Gasteiger partial charge in [0, 0.05) is 36.5 Å². The minimum absolute atomic E-state index is 0.00405. The van der Waals surface area contributed by atoms with Gasteiger partial charge in [0.15, 0.2) is 0 Å². The number of hydrogen-bond donors (Lipinski definition) is 1. The number of rotatable bonds is 4. The van der Waals surface area contributed by atoms with Crippen LogP contribution in [-0.4, -0.2) is 45.6 Å². The Morgan fingerprint density at radius 2 is 1.97 bits per heavy atom. The van der Waals surface area contributed by atoms with Gasteiger partial charge in [0.2, 0.25) is 0 Å². The maximum Gasteiger partial charge on any atom is 0.573 e. The minimum Gasteiger partial charge on any atom is -0.406 e. The molecule has 6 nitrogen and oxygen atoms in total. The van der Waals surface area contributed by atoms with E-state index in [1.54, 1.807) is 13.8 Å². The second-order valence-corrected chi connectivity index (χ2v) is 7.11. The van der Waals surface area contributed by atoms with Crippen LogP contribution in [0.25, 0.3) is 0 Å². The fraction of sp³-hybridized carbons (Fsp3) is 0.421. The number of aryl methyl sites for hydroxylation is 1. The van der Waals surface area contributed by atoms with Crippen molar-refractivity contribution in [1.82, 2.24) is 14.9 Å². The van der Waals surface area contributed by atoms with Gasteiger partial charge >= 0.3 is 6.36 Å². The summed E-state index contributed by atoms with van der Waals surface area (Å²) in [6, 6.07) is 3.06. The zero-order valence-electron chi connectivity index (χ0n) is 16.1. The Balaban J connectivity index is 1.82. The third kappa shape index (κ3) is 5.33. The lowest BCUT2D eigenvalue weighted by Crippen LogP contribution is -2.50. The van der Waals surface area contributed by atoms with Crippen molar-refractivity contribution in [1.29, 1.82) is 0 Å². The Morgan fingerprint density at radius 1 is 1.27 bits per heavy atom. The van der Waals surface area contributed by atoms with E-state index in [2.05, 4.69) is 20.0 Å². The number of aromatic nitrogens is 2. The maximum absolute atomic E-state index is 13.8. The van der Waals surface area contributed by atoms with Crippen molar-refractivity contribution >= 4 is 17.5 Å². The van der Waals surface area contributed by atoms with E-state index < -0.39 is 30.5 Å². The molecule has 0 radical (unpaired) electrons. The molecule has 0 aromatic carbocycles. The lowest BCUT2D eigenvalue weighted by atomic mass is 9.98. The maximum atomic E-state index is 13.8. The zero-order chi connectivity index (χ0) is 22.1. The lowest BCUT2D eigenvalue weighted by Gasteiger charge is -2.38. The monoisotopic (exact) mass is 430 g/mol. The number of halogens is 5. The third-order valence-corrected chi connectivity index (χ3v) is 4.68. The van der Waals surface area contributed by atoms with Gasteiger partial charge in [0.25, 0.3) is 11.8 Å². The molecular weight excluding hydrogens is 411 g/mol. The van der Waals surface area contributed by atoms with E-state index in [1.807, 2.05) is 0 Å². The molecule has 11 heteroatoms. The van der Waals surface area contributed by atoms with E-state index >= 15 is 0 Å². The predicted octanol–water partition coefficient (Wildman–Crippen LogP) is 4.69. The molecule has 1 saturated heterocycles. The molecule has 30 heavy (non-hydrogen) atoms. The Morgan fingerprint density at radius 3 is 2.67 bits per heavy atom. The van der Waals surface area contributed by atoms with Gasteiger partial charge in [-0.1, -0.05) is 0 Å². The van der Waals surface area contributed by atoms with E-state index in [1.165, 1.54) is 12.3 Å². The first-order valence-electron chi connectivity index (χ1n) is 9.08. The van der Waals surface area contributed by atoms with E-state index in [9.17, 15) is 26.7 Å². The van der Waals surface area contributed by atoms with Gasteiger partial charge in [-0.25, -0.2) is 18.7 Å². The number of amides is 1. The number of pyridine rings is 2. The van der Waals surface area contributed by atoms with Crippen molar-refractivity contribution < 1.29 is 31.5 Å². The van der Waals surface area contributed by atoms with E-state index in [4.69, 9.17) is 0 Å². The van der Waals surface area contributed by atoms with Crippen LogP contribution < -0.4 is 10.1 Å². The largest absolute Gasteiger partial charge is 0.573 e. The smallest absolute Gasteiger partial charge is 0.406 e. The SMILES string of the molecule is Cc1cnc(Nc2cc(OC(F)(F)F)ccn2)cc1C(=O)N1CC(F)(F)CC[C@@H]1C. The summed E-state index contributed by atoms with van der Waals surface area (Å²) in [6.07, 6.45) is -2.46. The molecule has 2 aromatic rings. The zero-order valence-corrected chi connectivity index (χ0v) is 16.1. The molecule has 2 aromatic heterocycles. The molecule has 3 heterocycles. The molecular formula is C19H19F5N4O2. The van der Waals surface area contributed by atoms with Crippen LogP contribution in [0.4, 0.5) is 33.6 Å². The molecule has 1 amide bonds. The number of carbonyl (C=O) groups is 1. The normalized spacial score (nSPS) is 18.8. The molecule has 3 rings (SSSR count). The second-order valence-electron chi connectivity index (χ2n) is 7.11. The van der Waals surface area contributed by atoms with Crippen molar-refractivity contribution in [2.24, 2.45) is 0 Å². The average Bonchev–Trinajstić information content (AvgIpc) is 2.64. The number of anilines is 2. The summed E-state index contributed by atoms with van der Waals surface area (Å²) in [5, 5.41) is 2.69. The molecule has 1 aliphatic rings. The number of likely N-dealkylation sites (tertiary alicyclic amines) is 1. The van der Waals surface area contributed by atoms with Gasteiger partial charge in [0.1, 0.15) is 17.4 Å². The molecule has 0 spiro atoms. The van der Waals surface area contributed by atoms with Crippen LogP contribution in [0.1, 0.15) is 35.7 Å². The van der Waals surface area contributed by atoms with Crippen LogP contribution in [0.5, 0.6) is 5.75 Å². The number of ether oxygens (including phenoxy) is 1. The van der Waals surface area contributed by atoms with E-state index in [-0.39, 0.29) is 36.1 Å². The minimum atomic E-state index is -4.85. The number of piperidine rings is 1. The summed E-state index contributed by atoms with van der Waals surface area (Å²) in [4.78, 5) is 22.0. The van der Waals surface area contributed by atoms with Crippen LogP contribution >= 0.6 is 0 Å². The fourth-order valence-electron chi connectivity index (χ4n) is 3.12. The molecule has 1 aliphatic heterocycles. The number of carbonyl (C=O) groups excluding carboxylic acids is 1. The highest BCUT2D eigenvalue weighted by Gasteiger charge is 2.41. The van der Waals surface area contributed by atoms with Crippen molar-refractivity contribution in [3.63, 3.8) is 0 Å². The van der Waals surface area contributed by atoms with Gasteiger partial charge in [0.05, 0.1) is 6.54 Å². The topological polar surface area (TPSA) is 67.4 Å². The number of nitrogens with zero attached hydrogens (tertiary/aromatic N) is 3. The second kappa shape index (κ2) is 8.04. The Bertz CT molecular complexity index is 935. The average molecular weight is 430 g/mol. The molecule has 0 saturated carbocycles. The molecule has 1 atom stereocenters. The van der Waals surface area contributed by atoms with Crippen LogP contribution in [0.2, 0.25) is 0 Å². The lowest BCUT2D eigenvalue weighted by molar-refractivity contribution is -0.274. The highest BCUT2D eigenvalue weighted by atomic mass is 19.4. The van der Waals surface area contributed by atoms with Crippen molar-refractivity contribution in [2.45, 2.75) is 45.0 Å². The van der Waals surface area contributed by atoms with E-state index in [0.29, 0.717) is 5.56 Å². The van der Waals surface area contributed by atoms with Gasteiger partial charge < -0.3 is 15.0 Å². The first-order valence-corrected chi connectivity index (χ1v) is 9.08. The predicted molar refractivity (Wildman–Crippen MR) is 97.9 cm³/mol. The summed E-state index contributed by atoms with van der Waals surface area (Å²) in [5.74, 6) is -3.87. The van der Waals surface area contributed by atoms with Crippen LogP contribution in [0.15, 0.2) is 30.6 Å². The van der Waals surface area contributed by atoms with Gasteiger partial charge in [-0.2, -0.15) is 0 Å². The molecule has 1 fully saturated rings. The third-order valence-electron chi connectivity index (χ3n) is 4.68. The Hall–Kier alpha value is -2.98. The van der Waals surface area contributed by atoms with E-state index in [0.717, 1.165) is 23.2 Å². The van der Waals surface area contributed by atoms with Crippen LogP contribution in [0.3, 0.4) is 0 Å². The molecule has 0 bridgehead atoms. The summed E-state index contributed by atoms with van der Waals surface area (Å²) < 4.78 is 68.6. The van der Waals surface area contributed by atoms with Crippen molar-refractivity contribution in [2.75, 3.05) is 11.9 Å². The van der Waals surface area contributed by atoms with Crippen molar-refractivity contribution in [3.05, 3.63) is 41.7 Å². The molecule has 162 valence electrons. The van der Waals surface area contributed by atoms with Gasteiger partial charge in [-0.15, -0.1) is 13.2 Å². The van der Waals surface area contributed by atoms with Crippen molar-refractivity contribution in [3.8, 4) is 5.75 Å². The summed E-state index contributed by atoms with van der Waals surface area (Å²) in [5.41, 5.74) is 0.647. The summed E-state index contributed by atoms with van der Waals surface area (Å²) in [7, 11) is 0. The van der Waals surface area contributed by atoms with Gasteiger partial charge in [-0.05, 0) is 38.0 Å². The first kappa shape index (κ1) is 21.7. The quantitative estimate of drug-likeness (QED) is 0.713. The highest BCUT2D eigenvalue weighted by molar-refractivity contribution is 5.96.